The number of nitrogens with zero attached hydrogens (tertiary/aromatic N) is 2. The van der Waals surface area contributed by atoms with Crippen LogP contribution >= 0.6 is 0 Å². The standard InChI is InChI=1S/C18H18N2O4/c1-14-5-2-3-6-16(14)22-11-12-23-18(21)17-8-7-15(24-17)13-20-10-4-9-19-20/h2-10H,11-13H2,1H3. The number of rotatable bonds is 7. The third-order valence-corrected chi connectivity index (χ3v) is 3.41. The van der Waals surface area contributed by atoms with Crippen molar-refractivity contribution in [2.75, 3.05) is 13.2 Å². The predicted octanol–water partition coefficient (Wildman–Crippen LogP) is 3.07. The van der Waals surface area contributed by atoms with E-state index in [4.69, 9.17) is 13.9 Å². The largest absolute Gasteiger partial charge is 0.490 e. The normalized spacial score (nSPS) is 10.5. The zero-order valence-electron chi connectivity index (χ0n) is 13.3. The van der Waals surface area contributed by atoms with Crippen molar-refractivity contribution in [1.29, 1.82) is 0 Å². The summed E-state index contributed by atoms with van der Waals surface area (Å²) in [4.78, 5) is 11.9. The average Bonchev–Trinajstić information content (AvgIpc) is 3.25. The topological polar surface area (TPSA) is 66.5 Å². The molecule has 2 aromatic heterocycles. The van der Waals surface area contributed by atoms with Crippen LogP contribution in [-0.2, 0) is 11.3 Å². The monoisotopic (exact) mass is 326 g/mol. The van der Waals surface area contributed by atoms with Crippen LogP contribution in [0.5, 0.6) is 5.75 Å². The lowest BCUT2D eigenvalue weighted by atomic mass is 10.2. The van der Waals surface area contributed by atoms with Crippen molar-refractivity contribution in [1.82, 2.24) is 9.78 Å². The smallest absolute Gasteiger partial charge is 0.374 e. The van der Waals surface area contributed by atoms with Crippen LogP contribution < -0.4 is 4.74 Å². The first-order valence-corrected chi connectivity index (χ1v) is 7.64. The maximum atomic E-state index is 11.9. The fourth-order valence-electron chi connectivity index (χ4n) is 2.20. The van der Waals surface area contributed by atoms with Crippen LogP contribution in [0.15, 0.2) is 59.3 Å². The molecule has 0 spiro atoms. The third-order valence-electron chi connectivity index (χ3n) is 3.41. The van der Waals surface area contributed by atoms with Crippen LogP contribution in [0.4, 0.5) is 0 Å². The van der Waals surface area contributed by atoms with E-state index in [1.54, 1.807) is 23.0 Å². The Bertz CT molecular complexity index is 793. The average molecular weight is 326 g/mol. The molecule has 0 aliphatic rings. The van der Waals surface area contributed by atoms with Crippen molar-refractivity contribution < 1.29 is 18.7 Å². The molecule has 0 atom stereocenters. The van der Waals surface area contributed by atoms with E-state index < -0.39 is 5.97 Å². The molecule has 3 rings (SSSR count). The fourth-order valence-corrected chi connectivity index (χ4v) is 2.20. The minimum atomic E-state index is -0.505. The molecule has 2 heterocycles. The predicted molar refractivity (Wildman–Crippen MR) is 87.0 cm³/mol. The van der Waals surface area contributed by atoms with Crippen molar-refractivity contribution in [2.45, 2.75) is 13.5 Å². The summed E-state index contributed by atoms with van der Waals surface area (Å²) in [5.41, 5.74) is 1.04. The van der Waals surface area contributed by atoms with Crippen molar-refractivity contribution in [3.63, 3.8) is 0 Å². The van der Waals surface area contributed by atoms with Gasteiger partial charge in [0.2, 0.25) is 5.76 Å². The Labute approximate surface area is 139 Å². The lowest BCUT2D eigenvalue weighted by Gasteiger charge is -2.08. The molecule has 6 nitrogen and oxygen atoms in total. The number of hydrogen-bond donors (Lipinski definition) is 0. The van der Waals surface area contributed by atoms with Gasteiger partial charge >= 0.3 is 5.97 Å². The van der Waals surface area contributed by atoms with Crippen molar-refractivity contribution in [2.24, 2.45) is 0 Å². The maximum absolute atomic E-state index is 11.9. The Morgan fingerprint density at radius 3 is 2.83 bits per heavy atom. The quantitative estimate of drug-likeness (QED) is 0.493. The number of carbonyl (C=O) groups is 1. The van der Waals surface area contributed by atoms with Gasteiger partial charge in [-0.3, -0.25) is 4.68 Å². The van der Waals surface area contributed by atoms with Gasteiger partial charge in [-0.2, -0.15) is 5.10 Å². The molecular weight excluding hydrogens is 308 g/mol. The lowest BCUT2D eigenvalue weighted by Crippen LogP contribution is -2.12. The van der Waals surface area contributed by atoms with Gasteiger partial charge in [0.15, 0.2) is 0 Å². The number of hydrogen-bond acceptors (Lipinski definition) is 5. The molecule has 3 aromatic rings. The van der Waals surface area contributed by atoms with E-state index in [-0.39, 0.29) is 19.0 Å². The summed E-state index contributed by atoms with van der Waals surface area (Å²) in [6, 6.07) is 12.9. The molecule has 0 aliphatic carbocycles. The van der Waals surface area contributed by atoms with Gasteiger partial charge in [-0.1, -0.05) is 18.2 Å². The van der Waals surface area contributed by atoms with Gasteiger partial charge in [0.05, 0.1) is 6.54 Å². The minimum Gasteiger partial charge on any atom is -0.490 e. The zero-order chi connectivity index (χ0) is 16.8. The van der Waals surface area contributed by atoms with E-state index in [1.807, 2.05) is 43.5 Å². The van der Waals surface area contributed by atoms with Crippen molar-refractivity contribution in [3.8, 4) is 5.75 Å². The maximum Gasteiger partial charge on any atom is 0.374 e. The minimum absolute atomic E-state index is 0.155. The molecule has 0 saturated heterocycles. The molecule has 0 saturated carbocycles. The van der Waals surface area contributed by atoms with Crippen molar-refractivity contribution in [3.05, 3.63) is 71.9 Å². The Kier molecular flexibility index (Phi) is 4.96. The van der Waals surface area contributed by atoms with Gasteiger partial charge in [-0.25, -0.2) is 4.79 Å². The van der Waals surface area contributed by atoms with Gasteiger partial charge in [0.1, 0.15) is 24.7 Å². The Hall–Kier alpha value is -3.02. The van der Waals surface area contributed by atoms with Gasteiger partial charge in [0.25, 0.3) is 0 Å². The summed E-state index contributed by atoms with van der Waals surface area (Å²) < 4.78 is 17.9. The molecule has 24 heavy (non-hydrogen) atoms. The van der Waals surface area contributed by atoms with Gasteiger partial charge in [-0.05, 0) is 36.8 Å². The molecule has 1 aromatic carbocycles. The number of carbonyl (C=O) groups excluding carboxylic acids is 1. The number of esters is 1. The Balaban J connectivity index is 1.45. The molecule has 6 heteroatoms. The van der Waals surface area contributed by atoms with E-state index in [0.29, 0.717) is 12.3 Å². The second-order valence-electron chi connectivity index (χ2n) is 5.22. The molecule has 0 amide bonds. The number of furan rings is 1. The molecule has 0 aliphatic heterocycles. The lowest BCUT2D eigenvalue weighted by molar-refractivity contribution is 0.0412. The second kappa shape index (κ2) is 7.50. The van der Waals surface area contributed by atoms with Crippen LogP contribution in [0.1, 0.15) is 21.9 Å². The van der Waals surface area contributed by atoms with Gasteiger partial charge < -0.3 is 13.9 Å². The zero-order valence-corrected chi connectivity index (χ0v) is 13.3. The summed E-state index contributed by atoms with van der Waals surface area (Å²) in [7, 11) is 0. The Morgan fingerprint density at radius 2 is 2.04 bits per heavy atom. The molecule has 0 radical (unpaired) electrons. The first kappa shape index (κ1) is 15.9. The van der Waals surface area contributed by atoms with Crippen LogP contribution in [-0.4, -0.2) is 29.0 Å². The summed E-state index contributed by atoms with van der Waals surface area (Å²) in [5, 5.41) is 4.09. The van der Waals surface area contributed by atoms with E-state index in [9.17, 15) is 4.79 Å². The van der Waals surface area contributed by atoms with E-state index in [2.05, 4.69) is 5.10 Å². The number of ether oxygens (including phenoxy) is 2. The number of para-hydroxylation sites is 1. The van der Waals surface area contributed by atoms with Gasteiger partial charge in [-0.15, -0.1) is 0 Å². The molecule has 0 fully saturated rings. The van der Waals surface area contributed by atoms with Crippen LogP contribution in [0, 0.1) is 6.92 Å². The number of aryl methyl sites for hydroxylation is 1. The van der Waals surface area contributed by atoms with E-state index >= 15 is 0 Å². The summed E-state index contributed by atoms with van der Waals surface area (Å²) in [6.07, 6.45) is 3.51. The van der Waals surface area contributed by atoms with E-state index in [1.165, 1.54) is 0 Å². The fraction of sp³-hybridized carbons (Fsp3) is 0.222. The molecule has 0 N–H and O–H groups in total. The SMILES string of the molecule is Cc1ccccc1OCCOC(=O)c1ccc(Cn2cccn2)o1. The molecule has 0 unspecified atom stereocenters. The highest BCUT2D eigenvalue weighted by atomic mass is 16.6. The highest BCUT2D eigenvalue weighted by Gasteiger charge is 2.13. The second-order valence-corrected chi connectivity index (χ2v) is 5.22. The highest BCUT2D eigenvalue weighted by molar-refractivity contribution is 5.86. The van der Waals surface area contributed by atoms with Crippen LogP contribution in [0.2, 0.25) is 0 Å². The summed E-state index contributed by atoms with van der Waals surface area (Å²) in [5.74, 6) is 1.10. The van der Waals surface area contributed by atoms with Gasteiger partial charge in [0, 0.05) is 12.4 Å². The number of aromatic nitrogens is 2. The Morgan fingerprint density at radius 1 is 1.17 bits per heavy atom. The van der Waals surface area contributed by atoms with Crippen LogP contribution in [0.3, 0.4) is 0 Å². The first-order chi connectivity index (χ1) is 11.7. The molecule has 0 bridgehead atoms. The van der Waals surface area contributed by atoms with Crippen LogP contribution in [0.25, 0.3) is 0 Å². The molecular formula is C18H18N2O4. The number of benzene rings is 1. The first-order valence-electron chi connectivity index (χ1n) is 7.64. The van der Waals surface area contributed by atoms with E-state index in [0.717, 1.165) is 11.3 Å². The highest BCUT2D eigenvalue weighted by Crippen LogP contribution is 2.16. The summed E-state index contributed by atoms with van der Waals surface area (Å²) >= 11 is 0. The third kappa shape index (κ3) is 4.04. The summed E-state index contributed by atoms with van der Waals surface area (Å²) in [6.45, 7) is 2.88. The molecule has 124 valence electrons. The van der Waals surface area contributed by atoms with Crippen molar-refractivity contribution >= 4 is 5.97 Å².